The summed E-state index contributed by atoms with van der Waals surface area (Å²) < 4.78 is 0. The van der Waals surface area contributed by atoms with E-state index in [-0.39, 0.29) is 23.8 Å². The van der Waals surface area contributed by atoms with Crippen molar-refractivity contribution >= 4 is 23.4 Å². The summed E-state index contributed by atoms with van der Waals surface area (Å²) in [6, 6.07) is 12.3. The number of hydrogen-bond acceptors (Lipinski definition) is 3. The van der Waals surface area contributed by atoms with Crippen molar-refractivity contribution in [2.75, 3.05) is 11.4 Å². The first kappa shape index (κ1) is 17.5. The molecule has 2 aromatic carbocycles. The number of rotatable bonds is 2. The fraction of sp³-hybridized carbons (Fsp3) is 0.318. The normalized spacial score (nSPS) is 19.4. The van der Waals surface area contributed by atoms with Crippen LogP contribution < -0.4 is 4.90 Å². The van der Waals surface area contributed by atoms with Gasteiger partial charge in [-0.2, -0.15) is 0 Å². The Balaban J connectivity index is 1.69. The summed E-state index contributed by atoms with van der Waals surface area (Å²) in [5.41, 5.74) is 2.56. The van der Waals surface area contributed by atoms with Crippen LogP contribution in [0.5, 0.6) is 0 Å². The molecule has 2 heterocycles. The summed E-state index contributed by atoms with van der Waals surface area (Å²) in [7, 11) is 0. The summed E-state index contributed by atoms with van der Waals surface area (Å²) in [5.74, 6) is -0.778. The van der Waals surface area contributed by atoms with E-state index in [1.165, 1.54) is 4.90 Å². The Bertz CT molecular complexity index is 950. The van der Waals surface area contributed by atoms with Crippen LogP contribution in [0.15, 0.2) is 42.5 Å². The van der Waals surface area contributed by atoms with Crippen LogP contribution in [0.25, 0.3) is 0 Å². The molecule has 4 rings (SSSR count). The van der Waals surface area contributed by atoms with Gasteiger partial charge in [-0.25, -0.2) is 4.90 Å². The van der Waals surface area contributed by atoms with E-state index in [9.17, 15) is 14.4 Å². The number of piperidine rings is 1. The van der Waals surface area contributed by atoms with Gasteiger partial charge in [-0.1, -0.05) is 18.2 Å². The maximum Gasteiger partial charge on any atom is 0.266 e. The number of hydrogen-bond donors (Lipinski definition) is 0. The zero-order chi connectivity index (χ0) is 19.1. The smallest absolute Gasteiger partial charge is 0.266 e. The third kappa shape index (κ3) is 2.83. The van der Waals surface area contributed by atoms with Crippen molar-refractivity contribution in [2.45, 2.75) is 39.2 Å². The second-order valence-electron chi connectivity index (χ2n) is 7.34. The fourth-order valence-electron chi connectivity index (χ4n) is 3.97. The third-order valence-electron chi connectivity index (χ3n) is 5.55. The van der Waals surface area contributed by atoms with E-state index in [1.807, 2.05) is 24.0 Å². The third-order valence-corrected chi connectivity index (χ3v) is 5.55. The number of nitrogens with zero attached hydrogens (tertiary/aromatic N) is 2. The van der Waals surface area contributed by atoms with Crippen molar-refractivity contribution in [1.29, 1.82) is 0 Å². The van der Waals surface area contributed by atoms with Gasteiger partial charge in [0.25, 0.3) is 17.7 Å². The zero-order valence-electron chi connectivity index (χ0n) is 15.6. The number of fused-ring (bicyclic) bond motifs is 1. The molecule has 27 heavy (non-hydrogen) atoms. The Hall–Kier alpha value is -2.95. The second-order valence-corrected chi connectivity index (χ2v) is 7.34. The topological polar surface area (TPSA) is 57.7 Å². The number of benzene rings is 2. The van der Waals surface area contributed by atoms with Crippen molar-refractivity contribution in [2.24, 2.45) is 0 Å². The van der Waals surface area contributed by atoms with Gasteiger partial charge in [0, 0.05) is 18.2 Å². The minimum absolute atomic E-state index is 0.0698. The Labute approximate surface area is 158 Å². The monoisotopic (exact) mass is 362 g/mol. The quantitative estimate of drug-likeness (QED) is 0.764. The van der Waals surface area contributed by atoms with Gasteiger partial charge < -0.3 is 4.90 Å². The van der Waals surface area contributed by atoms with E-state index in [0.29, 0.717) is 22.4 Å². The van der Waals surface area contributed by atoms with Crippen LogP contribution in [0.4, 0.5) is 5.69 Å². The minimum atomic E-state index is -0.370. The maximum absolute atomic E-state index is 13.0. The lowest BCUT2D eigenvalue weighted by atomic mass is 10.0. The molecule has 1 fully saturated rings. The number of carbonyl (C=O) groups is 3. The summed E-state index contributed by atoms with van der Waals surface area (Å²) >= 11 is 0. The molecule has 138 valence electrons. The van der Waals surface area contributed by atoms with Crippen LogP contribution in [0.2, 0.25) is 0 Å². The lowest BCUT2D eigenvalue weighted by molar-refractivity contribution is 0.0635. The minimum Gasteiger partial charge on any atom is -0.336 e. The first-order chi connectivity index (χ1) is 13.0. The van der Waals surface area contributed by atoms with Gasteiger partial charge in [-0.05, 0) is 62.9 Å². The van der Waals surface area contributed by atoms with E-state index in [0.717, 1.165) is 31.4 Å². The van der Waals surface area contributed by atoms with Crippen molar-refractivity contribution in [1.82, 2.24) is 4.90 Å². The SMILES string of the molecule is Cc1ccccc1N1C(=O)c2ccc(C(=O)N3CCCC[C@H]3C)cc2C1=O. The van der Waals surface area contributed by atoms with Crippen LogP contribution in [-0.4, -0.2) is 35.2 Å². The van der Waals surface area contributed by atoms with E-state index < -0.39 is 0 Å². The molecule has 0 aliphatic carbocycles. The van der Waals surface area contributed by atoms with Crippen LogP contribution in [0.3, 0.4) is 0 Å². The van der Waals surface area contributed by atoms with Gasteiger partial charge in [0.05, 0.1) is 16.8 Å². The molecule has 1 saturated heterocycles. The lowest BCUT2D eigenvalue weighted by Crippen LogP contribution is -2.42. The van der Waals surface area contributed by atoms with E-state index in [2.05, 4.69) is 6.92 Å². The lowest BCUT2D eigenvalue weighted by Gasteiger charge is -2.33. The average molecular weight is 362 g/mol. The summed E-state index contributed by atoms with van der Waals surface area (Å²) in [6.45, 7) is 4.66. The highest BCUT2D eigenvalue weighted by Gasteiger charge is 2.38. The standard InChI is InChI=1S/C22H22N2O3/c1-14-7-3-4-9-19(14)24-21(26)17-11-10-16(13-18(17)22(24)27)20(25)23-12-6-5-8-15(23)2/h3-4,7,9-11,13,15H,5-6,8,12H2,1-2H3/t15-/m1/s1. The average Bonchev–Trinajstić information content (AvgIpc) is 2.92. The highest BCUT2D eigenvalue weighted by molar-refractivity contribution is 6.35. The number of likely N-dealkylation sites (tertiary alicyclic amines) is 1. The number of carbonyl (C=O) groups excluding carboxylic acids is 3. The summed E-state index contributed by atoms with van der Waals surface area (Å²) in [6.07, 6.45) is 3.13. The van der Waals surface area contributed by atoms with Gasteiger partial charge in [-0.15, -0.1) is 0 Å². The predicted octanol–water partition coefficient (Wildman–Crippen LogP) is 3.81. The number of amides is 3. The van der Waals surface area contributed by atoms with Crippen molar-refractivity contribution in [3.8, 4) is 0 Å². The molecule has 0 aromatic heterocycles. The molecule has 2 aliphatic rings. The van der Waals surface area contributed by atoms with E-state index >= 15 is 0 Å². The molecule has 0 unspecified atom stereocenters. The molecule has 5 nitrogen and oxygen atoms in total. The first-order valence-corrected chi connectivity index (χ1v) is 9.38. The van der Waals surface area contributed by atoms with Crippen molar-refractivity contribution in [3.05, 3.63) is 64.7 Å². The number of aryl methyl sites for hydroxylation is 1. The zero-order valence-corrected chi connectivity index (χ0v) is 15.6. The molecule has 2 aliphatic heterocycles. The van der Waals surface area contributed by atoms with Crippen LogP contribution in [0, 0.1) is 6.92 Å². The van der Waals surface area contributed by atoms with Crippen molar-refractivity contribution in [3.63, 3.8) is 0 Å². The van der Waals surface area contributed by atoms with Gasteiger partial charge in [0.2, 0.25) is 0 Å². The van der Waals surface area contributed by atoms with Gasteiger partial charge in [0.1, 0.15) is 0 Å². The molecule has 0 bridgehead atoms. The van der Waals surface area contributed by atoms with Gasteiger partial charge in [0.15, 0.2) is 0 Å². The van der Waals surface area contributed by atoms with Crippen LogP contribution >= 0.6 is 0 Å². The Morgan fingerprint density at radius 2 is 1.74 bits per heavy atom. The molecule has 0 spiro atoms. The van der Waals surface area contributed by atoms with Crippen molar-refractivity contribution < 1.29 is 14.4 Å². The van der Waals surface area contributed by atoms with Gasteiger partial charge >= 0.3 is 0 Å². The molecular weight excluding hydrogens is 340 g/mol. The number of anilines is 1. The second kappa shape index (κ2) is 6.65. The molecule has 0 radical (unpaired) electrons. The largest absolute Gasteiger partial charge is 0.336 e. The molecule has 1 atom stereocenters. The van der Waals surface area contributed by atoms with Crippen LogP contribution in [0.1, 0.15) is 62.8 Å². The molecule has 0 saturated carbocycles. The maximum atomic E-state index is 13.0. The molecule has 5 heteroatoms. The summed E-state index contributed by atoms with van der Waals surface area (Å²) in [5, 5.41) is 0. The number of para-hydroxylation sites is 1. The summed E-state index contributed by atoms with van der Waals surface area (Å²) in [4.78, 5) is 41.8. The molecular formula is C22H22N2O3. The van der Waals surface area contributed by atoms with Gasteiger partial charge in [-0.3, -0.25) is 14.4 Å². The molecule has 0 N–H and O–H groups in total. The molecule has 3 amide bonds. The Morgan fingerprint density at radius 3 is 2.48 bits per heavy atom. The fourth-order valence-corrected chi connectivity index (χ4v) is 3.97. The Kier molecular flexibility index (Phi) is 4.30. The highest BCUT2D eigenvalue weighted by Crippen LogP contribution is 2.31. The predicted molar refractivity (Wildman–Crippen MR) is 103 cm³/mol. The van der Waals surface area contributed by atoms with E-state index in [4.69, 9.17) is 0 Å². The highest BCUT2D eigenvalue weighted by atomic mass is 16.2. The van der Waals surface area contributed by atoms with Crippen LogP contribution in [-0.2, 0) is 0 Å². The van der Waals surface area contributed by atoms with E-state index in [1.54, 1.807) is 30.3 Å². The Morgan fingerprint density at radius 1 is 1.00 bits per heavy atom. The number of imide groups is 1. The first-order valence-electron chi connectivity index (χ1n) is 9.38. The molecule has 2 aromatic rings.